The number of likely N-dealkylation sites (tertiary alicyclic amines) is 2. The van der Waals surface area contributed by atoms with E-state index in [0.29, 0.717) is 11.4 Å². The van der Waals surface area contributed by atoms with Crippen molar-refractivity contribution < 1.29 is 9.59 Å². The highest BCUT2D eigenvalue weighted by atomic mass is 32.1. The number of carbonyl (C=O) groups is 2. The van der Waals surface area contributed by atoms with E-state index in [2.05, 4.69) is 25.9 Å². The number of piperidine rings is 1. The summed E-state index contributed by atoms with van der Waals surface area (Å²) < 4.78 is 0. The molecule has 2 saturated heterocycles. The van der Waals surface area contributed by atoms with Crippen molar-refractivity contribution in [3.63, 3.8) is 0 Å². The third kappa shape index (κ3) is 5.17. The van der Waals surface area contributed by atoms with E-state index in [4.69, 9.17) is 0 Å². The molecular formula is C22H29N5O2S. The van der Waals surface area contributed by atoms with Gasteiger partial charge in [-0.05, 0) is 57.8 Å². The summed E-state index contributed by atoms with van der Waals surface area (Å²) in [6.07, 6.45) is 3.76. The lowest BCUT2D eigenvalue weighted by molar-refractivity contribution is -0.121. The molecular weight excluding hydrogens is 398 g/mol. The molecule has 2 aliphatic heterocycles. The van der Waals surface area contributed by atoms with Gasteiger partial charge < -0.3 is 15.5 Å². The van der Waals surface area contributed by atoms with E-state index in [0.717, 1.165) is 69.1 Å². The highest BCUT2D eigenvalue weighted by Crippen LogP contribution is 2.26. The van der Waals surface area contributed by atoms with Crippen LogP contribution in [0.15, 0.2) is 29.6 Å². The fraction of sp³-hybridized carbons (Fsp3) is 0.500. The van der Waals surface area contributed by atoms with Crippen molar-refractivity contribution in [2.75, 3.05) is 36.8 Å². The molecule has 0 radical (unpaired) electrons. The Balaban J connectivity index is 1.30. The maximum absolute atomic E-state index is 12.9. The van der Waals surface area contributed by atoms with Gasteiger partial charge in [-0.25, -0.2) is 9.78 Å². The molecule has 2 N–H and O–H groups in total. The van der Waals surface area contributed by atoms with Crippen LogP contribution in [0.1, 0.15) is 36.4 Å². The number of urea groups is 1. The minimum Gasteiger partial charge on any atom is -0.325 e. The van der Waals surface area contributed by atoms with Gasteiger partial charge in [0.2, 0.25) is 5.91 Å². The summed E-state index contributed by atoms with van der Waals surface area (Å²) in [6.45, 7) is 6.24. The lowest BCUT2D eigenvalue weighted by Gasteiger charge is -2.30. The third-order valence-electron chi connectivity index (χ3n) is 5.83. The van der Waals surface area contributed by atoms with Gasteiger partial charge in [0.25, 0.3) is 0 Å². The highest BCUT2D eigenvalue weighted by Gasteiger charge is 2.26. The first-order valence-electron chi connectivity index (χ1n) is 10.7. The van der Waals surface area contributed by atoms with Crippen molar-refractivity contribution in [3.8, 4) is 0 Å². The summed E-state index contributed by atoms with van der Waals surface area (Å²) in [5.74, 6) is 0.0165. The maximum Gasteiger partial charge on any atom is 0.321 e. The Morgan fingerprint density at radius 3 is 2.37 bits per heavy atom. The minimum atomic E-state index is -0.0974. The zero-order chi connectivity index (χ0) is 20.9. The van der Waals surface area contributed by atoms with Gasteiger partial charge in [0.15, 0.2) is 0 Å². The largest absolute Gasteiger partial charge is 0.325 e. The van der Waals surface area contributed by atoms with Gasteiger partial charge in [-0.3, -0.25) is 9.69 Å². The van der Waals surface area contributed by atoms with Crippen LogP contribution in [0.4, 0.5) is 16.2 Å². The topological polar surface area (TPSA) is 77.6 Å². The molecule has 8 heteroatoms. The second kappa shape index (κ2) is 9.57. The summed E-state index contributed by atoms with van der Waals surface area (Å²) in [7, 11) is 0. The summed E-state index contributed by atoms with van der Waals surface area (Å²) >= 11 is 1.68. The Hall–Kier alpha value is -2.45. The molecule has 0 aliphatic carbocycles. The molecule has 2 aliphatic rings. The number of anilines is 2. The Labute approximate surface area is 181 Å². The van der Waals surface area contributed by atoms with E-state index in [1.54, 1.807) is 11.3 Å². The van der Waals surface area contributed by atoms with Crippen molar-refractivity contribution in [2.24, 2.45) is 5.92 Å². The van der Waals surface area contributed by atoms with E-state index >= 15 is 0 Å². The first kappa shape index (κ1) is 20.8. The second-order valence-electron chi connectivity index (χ2n) is 8.07. The monoisotopic (exact) mass is 427 g/mol. The Morgan fingerprint density at radius 1 is 1.07 bits per heavy atom. The summed E-state index contributed by atoms with van der Waals surface area (Å²) in [6, 6.07) is 7.33. The molecule has 0 spiro atoms. The van der Waals surface area contributed by atoms with Gasteiger partial charge in [0, 0.05) is 30.9 Å². The van der Waals surface area contributed by atoms with Gasteiger partial charge in [0.05, 0.1) is 22.1 Å². The maximum atomic E-state index is 12.9. The number of amides is 3. The number of hydrogen-bond acceptors (Lipinski definition) is 5. The number of para-hydroxylation sites is 2. The van der Waals surface area contributed by atoms with Crippen LogP contribution in [0.2, 0.25) is 0 Å². The molecule has 4 rings (SSSR count). The van der Waals surface area contributed by atoms with Gasteiger partial charge in [-0.2, -0.15) is 0 Å². The van der Waals surface area contributed by atoms with Gasteiger partial charge >= 0.3 is 6.03 Å². The number of benzene rings is 1. The summed E-state index contributed by atoms with van der Waals surface area (Å²) in [5.41, 5.74) is 2.43. The van der Waals surface area contributed by atoms with Crippen molar-refractivity contribution >= 4 is 34.6 Å². The van der Waals surface area contributed by atoms with Gasteiger partial charge in [-0.1, -0.05) is 12.1 Å². The molecule has 0 saturated carbocycles. The van der Waals surface area contributed by atoms with Crippen LogP contribution in [-0.2, 0) is 11.3 Å². The van der Waals surface area contributed by atoms with E-state index in [-0.39, 0.29) is 17.9 Å². The molecule has 3 amide bonds. The van der Waals surface area contributed by atoms with Gasteiger partial charge in [-0.15, -0.1) is 11.3 Å². The summed E-state index contributed by atoms with van der Waals surface area (Å²) in [4.78, 5) is 34.0. The molecule has 0 bridgehead atoms. The molecule has 0 unspecified atom stereocenters. The first-order chi connectivity index (χ1) is 14.6. The molecule has 2 aromatic rings. The lowest BCUT2D eigenvalue weighted by atomic mass is 9.95. The van der Waals surface area contributed by atoms with E-state index in [9.17, 15) is 9.59 Å². The number of nitrogens with one attached hydrogen (secondary N) is 2. The van der Waals surface area contributed by atoms with Crippen LogP contribution in [0.3, 0.4) is 0 Å². The van der Waals surface area contributed by atoms with Crippen LogP contribution in [0, 0.1) is 12.8 Å². The van der Waals surface area contributed by atoms with Crippen LogP contribution in [0.25, 0.3) is 0 Å². The zero-order valence-electron chi connectivity index (χ0n) is 17.4. The average Bonchev–Trinajstić information content (AvgIpc) is 3.42. The Morgan fingerprint density at radius 2 is 1.73 bits per heavy atom. The second-order valence-corrected chi connectivity index (χ2v) is 9.13. The molecule has 3 heterocycles. The first-order valence-corrected chi connectivity index (χ1v) is 11.6. The van der Waals surface area contributed by atoms with Crippen molar-refractivity contribution in [3.05, 3.63) is 40.3 Å². The smallest absolute Gasteiger partial charge is 0.321 e. The van der Waals surface area contributed by atoms with Crippen LogP contribution in [0.5, 0.6) is 0 Å². The summed E-state index contributed by atoms with van der Waals surface area (Å²) in [5, 5.41) is 9.20. The predicted molar refractivity (Wildman–Crippen MR) is 120 cm³/mol. The average molecular weight is 428 g/mol. The molecule has 1 aromatic carbocycles. The zero-order valence-corrected chi connectivity index (χ0v) is 18.2. The highest BCUT2D eigenvalue weighted by molar-refractivity contribution is 7.09. The van der Waals surface area contributed by atoms with E-state index in [1.807, 2.05) is 36.1 Å². The van der Waals surface area contributed by atoms with Crippen LogP contribution >= 0.6 is 11.3 Å². The fourth-order valence-corrected chi connectivity index (χ4v) is 4.72. The molecule has 160 valence electrons. The normalized spacial score (nSPS) is 17.8. The van der Waals surface area contributed by atoms with Crippen LogP contribution < -0.4 is 10.6 Å². The molecule has 2 fully saturated rings. The van der Waals surface area contributed by atoms with Crippen molar-refractivity contribution in [1.29, 1.82) is 0 Å². The number of carbonyl (C=O) groups excluding carboxylic acids is 2. The molecule has 30 heavy (non-hydrogen) atoms. The van der Waals surface area contributed by atoms with E-state index < -0.39 is 0 Å². The number of aryl methyl sites for hydroxylation is 1. The fourth-order valence-electron chi connectivity index (χ4n) is 4.11. The van der Waals surface area contributed by atoms with Crippen molar-refractivity contribution in [2.45, 2.75) is 39.2 Å². The Kier molecular flexibility index (Phi) is 6.64. The molecule has 7 nitrogen and oxygen atoms in total. The molecule has 0 atom stereocenters. The minimum absolute atomic E-state index is 0.0132. The number of aromatic nitrogens is 1. The van der Waals surface area contributed by atoms with Crippen molar-refractivity contribution in [1.82, 2.24) is 14.8 Å². The number of rotatable bonds is 5. The quantitative estimate of drug-likeness (QED) is 0.758. The standard InChI is InChI=1S/C22H29N5O2S/c1-16-23-18(15-30-16)14-26-12-8-17(9-13-26)21(28)24-19-6-2-3-7-20(19)25-22(29)27-10-4-5-11-27/h2-3,6-7,15,17H,4-5,8-14H2,1H3,(H,24,28)(H,25,29). The number of hydrogen-bond donors (Lipinski definition) is 2. The van der Waals surface area contributed by atoms with E-state index in [1.165, 1.54) is 0 Å². The Bertz CT molecular complexity index is 885. The number of nitrogens with zero attached hydrogens (tertiary/aromatic N) is 3. The predicted octanol–water partition coefficient (Wildman–Crippen LogP) is 3.93. The lowest BCUT2D eigenvalue weighted by Crippen LogP contribution is -2.38. The molecule has 1 aromatic heterocycles. The van der Waals surface area contributed by atoms with Crippen LogP contribution in [-0.4, -0.2) is 52.9 Å². The SMILES string of the molecule is Cc1nc(CN2CCC(C(=O)Nc3ccccc3NC(=O)N3CCCC3)CC2)cs1. The number of thiazole rings is 1. The van der Waals surface area contributed by atoms with Gasteiger partial charge in [0.1, 0.15) is 0 Å². The third-order valence-corrected chi connectivity index (χ3v) is 6.65.